The first-order chi connectivity index (χ1) is 7.63. The molecule has 0 amide bonds. The number of halogens is 1. The zero-order valence-corrected chi connectivity index (χ0v) is 10.5. The van der Waals surface area contributed by atoms with Gasteiger partial charge in [0.05, 0.1) is 24.8 Å². The Labute approximate surface area is 101 Å². The molecule has 1 unspecified atom stereocenters. The Morgan fingerprint density at radius 1 is 1.38 bits per heavy atom. The molecule has 0 heterocycles. The van der Waals surface area contributed by atoms with E-state index in [9.17, 15) is 5.11 Å². The second-order valence-corrected chi connectivity index (χ2v) is 3.80. The zero-order chi connectivity index (χ0) is 12.1. The summed E-state index contributed by atoms with van der Waals surface area (Å²) < 4.78 is 10.6. The summed E-state index contributed by atoms with van der Waals surface area (Å²) in [6.45, 7) is 4.32. The van der Waals surface area contributed by atoms with Crippen LogP contribution in [0.2, 0.25) is 5.02 Å². The molecule has 0 aromatic heterocycles. The molecule has 0 fully saturated rings. The van der Waals surface area contributed by atoms with Crippen LogP contribution in [0.4, 0.5) is 0 Å². The molecule has 0 spiro atoms. The second kappa shape index (κ2) is 5.97. The molecule has 1 N–H and O–H groups in total. The molecule has 4 heteroatoms. The van der Waals surface area contributed by atoms with Crippen molar-refractivity contribution < 1.29 is 14.6 Å². The summed E-state index contributed by atoms with van der Waals surface area (Å²) in [5.41, 5.74) is 0.747. The molecule has 0 saturated heterocycles. The van der Waals surface area contributed by atoms with E-state index in [0.29, 0.717) is 29.5 Å². The maximum Gasteiger partial charge on any atom is 0.179 e. The van der Waals surface area contributed by atoms with E-state index < -0.39 is 6.10 Å². The van der Waals surface area contributed by atoms with Crippen molar-refractivity contribution in [2.24, 2.45) is 0 Å². The van der Waals surface area contributed by atoms with Gasteiger partial charge < -0.3 is 14.6 Å². The summed E-state index contributed by atoms with van der Waals surface area (Å²) in [7, 11) is 1.54. The van der Waals surface area contributed by atoms with Crippen LogP contribution in [-0.2, 0) is 0 Å². The van der Waals surface area contributed by atoms with Crippen molar-refractivity contribution in [3.05, 3.63) is 22.7 Å². The van der Waals surface area contributed by atoms with Gasteiger partial charge >= 0.3 is 0 Å². The van der Waals surface area contributed by atoms with Crippen LogP contribution in [0.25, 0.3) is 0 Å². The molecular formula is C12H17ClO3. The minimum Gasteiger partial charge on any atom is -0.491 e. The Hall–Kier alpha value is -0.930. The van der Waals surface area contributed by atoms with E-state index in [0.717, 1.165) is 5.56 Å². The Morgan fingerprint density at radius 3 is 2.56 bits per heavy atom. The number of methoxy groups -OCH3 is 1. The maximum atomic E-state index is 9.75. The van der Waals surface area contributed by atoms with Gasteiger partial charge in [0.15, 0.2) is 11.5 Å². The standard InChI is InChI=1S/C12H17ClO3/c1-4-10(14)8-6-9(13)12(15-3)11(7-8)16-5-2/h6-7,10,14H,4-5H2,1-3H3. The second-order valence-electron chi connectivity index (χ2n) is 3.39. The fourth-order valence-corrected chi connectivity index (χ4v) is 1.77. The van der Waals surface area contributed by atoms with Gasteiger partial charge in [-0.1, -0.05) is 18.5 Å². The number of aliphatic hydroxyl groups excluding tert-OH is 1. The van der Waals surface area contributed by atoms with Crippen LogP contribution >= 0.6 is 11.6 Å². The van der Waals surface area contributed by atoms with Crippen molar-refractivity contribution in [3.8, 4) is 11.5 Å². The third-order valence-corrected chi connectivity index (χ3v) is 2.59. The van der Waals surface area contributed by atoms with Gasteiger partial charge in [-0.3, -0.25) is 0 Å². The lowest BCUT2D eigenvalue weighted by molar-refractivity contribution is 0.173. The number of ether oxygens (including phenoxy) is 2. The monoisotopic (exact) mass is 244 g/mol. The van der Waals surface area contributed by atoms with Gasteiger partial charge in [-0.05, 0) is 31.0 Å². The molecule has 0 aliphatic rings. The molecule has 0 aliphatic heterocycles. The molecule has 1 rings (SSSR count). The van der Waals surface area contributed by atoms with Gasteiger partial charge in [0.25, 0.3) is 0 Å². The van der Waals surface area contributed by atoms with Crippen LogP contribution < -0.4 is 9.47 Å². The number of benzene rings is 1. The quantitative estimate of drug-likeness (QED) is 0.865. The number of hydrogen-bond donors (Lipinski definition) is 1. The van der Waals surface area contributed by atoms with Crippen molar-refractivity contribution in [1.82, 2.24) is 0 Å². The first kappa shape index (κ1) is 13.1. The van der Waals surface area contributed by atoms with Crippen molar-refractivity contribution in [2.75, 3.05) is 13.7 Å². The molecule has 0 saturated carbocycles. The van der Waals surface area contributed by atoms with Gasteiger partial charge in [-0.15, -0.1) is 0 Å². The molecule has 3 nitrogen and oxygen atoms in total. The first-order valence-corrected chi connectivity index (χ1v) is 5.70. The van der Waals surface area contributed by atoms with E-state index in [4.69, 9.17) is 21.1 Å². The highest BCUT2D eigenvalue weighted by Gasteiger charge is 2.14. The van der Waals surface area contributed by atoms with E-state index in [1.54, 1.807) is 19.2 Å². The highest BCUT2D eigenvalue weighted by atomic mass is 35.5. The lowest BCUT2D eigenvalue weighted by Gasteiger charge is -2.15. The summed E-state index contributed by atoms with van der Waals surface area (Å²) in [5, 5.41) is 10.2. The molecule has 1 atom stereocenters. The third-order valence-electron chi connectivity index (χ3n) is 2.31. The summed E-state index contributed by atoms with van der Waals surface area (Å²) in [6, 6.07) is 3.47. The van der Waals surface area contributed by atoms with Crippen LogP contribution in [0.3, 0.4) is 0 Å². The predicted octanol–water partition coefficient (Wildman–Crippen LogP) is 3.19. The molecule has 0 aliphatic carbocycles. The molecule has 16 heavy (non-hydrogen) atoms. The minimum atomic E-state index is -0.525. The van der Waals surface area contributed by atoms with Crippen molar-refractivity contribution in [3.63, 3.8) is 0 Å². The van der Waals surface area contributed by atoms with Crippen LogP contribution in [0.1, 0.15) is 31.9 Å². The van der Waals surface area contributed by atoms with Gasteiger partial charge in [0.1, 0.15) is 0 Å². The lowest BCUT2D eigenvalue weighted by atomic mass is 10.1. The predicted molar refractivity (Wildman–Crippen MR) is 64.4 cm³/mol. The smallest absolute Gasteiger partial charge is 0.179 e. The van der Waals surface area contributed by atoms with Crippen LogP contribution in [-0.4, -0.2) is 18.8 Å². The first-order valence-electron chi connectivity index (χ1n) is 5.32. The molecule has 0 bridgehead atoms. The van der Waals surface area contributed by atoms with Crippen molar-refractivity contribution in [1.29, 1.82) is 0 Å². The van der Waals surface area contributed by atoms with Gasteiger partial charge in [-0.25, -0.2) is 0 Å². The average Bonchev–Trinajstić information content (AvgIpc) is 2.28. The number of aliphatic hydroxyl groups is 1. The molecule has 90 valence electrons. The molecule has 1 aromatic rings. The highest BCUT2D eigenvalue weighted by Crippen LogP contribution is 2.38. The van der Waals surface area contributed by atoms with Crippen LogP contribution in [0, 0.1) is 0 Å². The Morgan fingerprint density at radius 2 is 2.06 bits per heavy atom. The van der Waals surface area contributed by atoms with Gasteiger partial charge in [-0.2, -0.15) is 0 Å². The lowest BCUT2D eigenvalue weighted by Crippen LogP contribution is -2.00. The number of rotatable bonds is 5. The third kappa shape index (κ3) is 2.80. The van der Waals surface area contributed by atoms with Crippen molar-refractivity contribution >= 4 is 11.6 Å². The molecular weight excluding hydrogens is 228 g/mol. The number of hydrogen-bond acceptors (Lipinski definition) is 3. The van der Waals surface area contributed by atoms with Crippen LogP contribution in [0.5, 0.6) is 11.5 Å². The van der Waals surface area contributed by atoms with E-state index in [1.807, 2.05) is 13.8 Å². The Balaban J connectivity index is 3.16. The fraction of sp³-hybridized carbons (Fsp3) is 0.500. The maximum absolute atomic E-state index is 9.75. The normalized spacial score (nSPS) is 12.3. The van der Waals surface area contributed by atoms with E-state index in [2.05, 4.69) is 0 Å². The topological polar surface area (TPSA) is 38.7 Å². The summed E-state index contributed by atoms with van der Waals surface area (Å²) in [6.07, 6.45) is 0.108. The summed E-state index contributed by atoms with van der Waals surface area (Å²) in [4.78, 5) is 0. The molecule has 0 radical (unpaired) electrons. The Bertz CT molecular complexity index is 352. The van der Waals surface area contributed by atoms with Gasteiger partial charge in [0.2, 0.25) is 0 Å². The van der Waals surface area contributed by atoms with Gasteiger partial charge in [0, 0.05) is 0 Å². The van der Waals surface area contributed by atoms with E-state index in [1.165, 1.54) is 0 Å². The fourth-order valence-electron chi connectivity index (χ4n) is 1.48. The highest BCUT2D eigenvalue weighted by molar-refractivity contribution is 6.32. The molecule has 1 aromatic carbocycles. The minimum absolute atomic E-state index is 0.455. The van der Waals surface area contributed by atoms with E-state index >= 15 is 0 Å². The average molecular weight is 245 g/mol. The Kier molecular flexibility index (Phi) is 4.90. The van der Waals surface area contributed by atoms with Crippen molar-refractivity contribution in [2.45, 2.75) is 26.4 Å². The SMILES string of the molecule is CCOc1cc(C(O)CC)cc(Cl)c1OC. The zero-order valence-electron chi connectivity index (χ0n) is 9.79. The van der Waals surface area contributed by atoms with Crippen LogP contribution in [0.15, 0.2) is 12.1 Å². The summed E-state index contributed by atoms with van der Waals surface area (Å²) in [5.74, 6) is 1.08. The van der Waals surface area contributed by atoms with E-state index in [-0.39, 0.29) is 0 Å². The largest absolute Gasteiger partial charge is 0.491 e. The summed E-state index contributed by atoms with van der Waals surface area (Å²) >= 11 is 6.06.